The van der Waals surface area contributed by atoms with Gasteiger partial charge in [0.15, 0.2) is 0 Å². The Morgan fingerprint density at radius 2 is 2.25 bits per heavy atom. The van der Waals surface area contributed by atoms with Crippen molar-refractivity contribution in [2.75, 3.05) is 33.9 Å². The zero-order chi connectivity index (χ0) is 9.56. The van der Waals surface area contributed by atoms with E-state index in [9.17, 15) is 4.79 Å². The van der Waals surface area contributed by atoms with Crippen molar-refractivity contribution >= 4 is 5.97 Å². The van der Waals surface area contributed by atoms with Crippen LogP contribution in [-0.2, 0) is 9.53 Å². The van der Waals surface area contributed by atoms with Gasteiger partial charge in [-0.2, -0.15) is 0 Å². The van der Waals surface area contributed by atoms with E-state index < -0.39 is 12.0 Å². The van der Waals surface area contributed by atoms with Crippen molar-refractivity contribution in [3.63, 3.8) is 0 Å². The van der Waals surface area contributed by atoms with Crippen LogP contribution in [-0.4, -0.2) is 55.9 Å². The van der Waals surface area contributed by atoms with Crippen molar-refractivity contribution in [1.29, 1.82) is 0 Å². The number of carbonyl (C=O) groups is 1. The number of hydrogen-bond donors (Lipinski definition) is 2. The number of hydrogen-bond acceptors (Lipinski definition) is 4. The van der Waals surface area contributed by atoms with Gasteiger partial charge in [-0.3, -0.25) is 4.79 Å². The third-order valence-electron chi connectivity index (χ3n) is 1.30. The summed E-state index contributed by atoms with van der Waals surface area (Å²) in [6, 6.07) is -0.910. The van der Waals surface area contributed by atoms with Crippen LogP contribution >= 0.6 is 0 Å². The van der Waals surface area contributed by atoms with E-state index in [1.54, 1.807) is 0 Å². The maximum Gasteiger partial charge on any atom is 0.322 e. The van der Waals surface area contributed by atoms with Gasteiger partial charge < -0.3 is 20.5 Å². The number of likely N-dealkylation sites (N-methyl/N-ethyl adjacent to an activating group) is 1. The zero-order valence-electron chi connectivity index (χ0n) is 7.49. The monoisotopic (exact) mass is 176 g/mol. The average molecular weight is 176 g/mol. The second-order valence-electron chi connectivity index (χ2n) is 2.82. The lowest BCUT2D eigenvalue weighted by Gasteiger charge is -2.11. The fraction of sp³-hybridized carbons (Fsp3) is 0.857. The molecule has 12 heavy (non-hydrogen) atoms. The zero-order valence-corrected chi connectivity index (χ0v) is 7.49. The number of carboxylic acids is 1. The molecule has 0 fully saturated rings. The standard InChI is InChI=1S/C7H16N2O3/c1-9(2)3-4-12-5-6(8)7(10)11/h6H,3-5,8H2,1-2H3,(H,10,11)/t6-/m0/s1. The quantitative estimate of drug-likeness (QED) is 0.506. The Bertz CT molecular complexity index is 139. The molecule has 0 aromatic carbocycles. The van der Waals surface area contributed by atoms with Gasteiger partial charge in [0.1, 0.15) is 6.04 Å². The lowest BCUT2D eigenvalue weighted by molar-refractivity contribution is -0.140. The van der Waals surface area contributed by atoms with Crippen molar-refractivity contribution < 1.29 is 14.6 Å². The van der Waals surface area contributed by atoms with Crippen LogP contribution in [0.25, 0.3) is 0 Å². The Morgan fingerprint density at radius 3 is 2.67 bits per heavy atom. The van der Waals surface area contributed by atoms with Crippen LogP contribution in [0, 0.1) is 0 Å². The predicted octanol–water partition coefficient (Wildman–Crippen LogP) is -1.02. The van der Waals surface area contributed by atoms with Gasteiger partial charge in [0, 0.05) is 6.54 Å². The number of aliphatic carboxylic acids is 1. The van der Waals surface area contributed by atoms with E-state index in [4.69, 9.17) is 15.6 Å². The Balaban J connectivity index is 3.25. The van der Waals surface area contributed by atoms with Crippen LogP contribution in [0.15, 0.2) is 0 Å². The first-order valence-corrected chi connectivity index (χ1v) is 3.75. The largest absolute Gasteiger partial charge is 0.480 e. The van der Waals surface area contributed by atoms with Crippen LogP contribution in [0.5, 0.6) is 0 Å². The second kappa shape index (κ2) is 5.93. The Kier molecular flexibility index (Phi) is 5.61. The molecule has 0 amide bonds. The van der Waals surface area contributed by atoms with Gasteiger partial charge in [-0.15, -0.1) is 0 Å². The maximum absolute atomic E-state index is 10.2. The van der Waals surface area contributed by atoms with Crippen LogP contribution in [0.4, 0.5) is 0 Å². The van der Waals surface area contributed by atoms with Crippen LogP contribution in [0.2, 0.25) is 0 Å². The van der Waals surface area contributed by atoms with Crippen molar-refractivity contribution in [3.8, 4) is 0 Å². The van der Waals surface area contributed by atoms with E-state index in [1.165, 1.54) is 0 Å². The third-order valence-corrected chi connectivity index (χ3v) is 1.30. The van der Waals surface area contributed by atoms with Gasteiger partial charge in [-0.25, -0.2) is 0 Å². The number of nitrogens with zero attached hydrogens (tertiary/aromatic N) is 1. The summed E-state index contributed by atoms with van der Waals surface area (Å²) in [5.74, 6) is -1.03. The Morgan fingerprint density at radius 1 is 1.67 bits per heavy atom. The molecular weight excluding hydrogens is 160 g/mol. The molecule has 0 radical (unpaired) electrons. The first-order valence-electron chi connectivity index (χ1n) is 3.75. The van der Waals surface area contributed by atoms with Crippen molar-refractivity contribution in [2.45, 2.75) is 6.04 Å². The average Bonchev–Trinajstić information content (AvgIpc) is 1.97. The maximum atomic E-state index is 10.2. The number of ether oxygens (including phenoxy) is 1. The van der Waals surface area contributed by atoms with E-state index in [1.807, 2.05) is 19.0 Å². The molecule has 1 atom stereocenters. The summed E-state index contributed by atoms with van der Waals surface area (Å²) in [5, 5.41) is 8.38. The summed E-state index contributed by atoms with van der Waals surface area (Å²) in [4.78, 5) is 12.2. The van der Waals surface area contributed by atoms with E-state index in [-0.39, 0.29) is 6.61 Å². The molecule has 0 unspecified atom stereocenters. The van der Waals surface area contributed by atoms with Crippen molar-refractivity contribution in [1.82, 2.24) is 4.90 Å². The molecule has 0 bridgehead atoms. The molecule has 0 aromatic rings. The van der Waals surface area contributed by atoms with Gasteiger partial charge in [0.05, 0.1) is 13.2 Å². The number of carboxylic acid groups (broad SMARTS) is 1. The number of rotatable bonds is 6. The highest BCUT2D eigenvalue weighted by atomic mass is 16.5. The molecule has 0 spiro atoms. The molecule has 0 aliphatic carbocycles. The molecule has 5 nitrogen and oxygen atoms in total. The molecule has 72 valence electrons. The van der Waals surface area contributed by atoms with Crippen LogP contribution in [0.3, 0.4) is 0 Å². The fourth-order valence-corrected chi connectivity index (χ4v) is 0.529. The molecule has 5 heteroatoms. The van der Waals surface area contributed by atoms with Crippen LogP contribution in [0.1, 0.15) is 0 Å². The second-order valence-corrected chi connectivity index (χ2v) is 2.82. The SMILES string of the molecule is CN(C)CCOC[C@H](N)C(=O)O. The minimum absolute atomic E-state index is 0.0726. The van der Waals surface area contributed by atoms with E-state index in [0.717, 1.165) is 6.54 Å². The molecule has 0 rings (SSSR count). The smallest absolute Gasteiger partial charge is 0.322 e. The summed E-state index contributed by atoms with van der Waals surface area (Å²) in [5.41, 5.74) is 5.20. The van der Waals surface area contributed by atoms with Gasteiger partial charge in [0.25, 0.3) is 0 Å². The first kappa shape index (κ1) is 11.4. The highest BCUT2D eigenvalue weighted by Crippen LogP contribution is 1.83. The number of nitrogens with two attached hydrogens (primary N) is 1. The summed E-state index contributed by atoms with van der Waals surface area (Å²) in [7, 11) is 3.83. The molecule has 0 aromatic heterocycles. The lowest BCUT2D eigenvalue weighted by atomic mass is 10.3. The molecular formula is C7H16N2O3. The van der Waals surface area contributed by atoms with Gasteiger partial charge in [-0.05, 0) is 14.1 Å². The van der Waals surface area contributed by atoms with E-state index in [0.29, 0.717) is 6.61 Å². The van der Waals surface area contributed by atoms with E-state index >= 15 is 0 Å². The Labute approximate surface area is 72.1 Å². The summed E-state index contributed by atoms with van der Waals surface area (Å²) in [6.07, 6.45) is 0. The minimum atomic E-state index is -1.03. The molecule has 0 saturated heterocycles. The Hall–Kier alpha value is -0.650. The molecule has 0 saturated carbocycles. The molecule has 0 aliphatic heterocycles. The lowest BCUT2D eigenvalue weighted by Crippen LogP contribution is -2.35. The molecule has 0 aliphatic rings. The minimum Gasteiger partial charge on any atom is -0.480 e. The summed E-state index contributed by atoms with van der Waals surface area (Å²) in [6.45, 7) is 1.35. The van der Waals surface area contributed by atoms with Gasteiger partial charge >= 0.3 is 5.97 Å². The predicted molar refractivity (Wildman–Crippen MR) is 45.0 cm³/mol. The summed E-state index contributed by atoms with van der Waals surface area (Å²) >= 11 is 0. The first-order chi connectivity index (χ1) is 5.54. The fourth-order valence-electron chi connectivity index (χ4n) is 0.529. The normalized spacial score (nSPS) is 13.3. The van der Waals surface area contributed by atoms with E-state index in [2.05, 4.69) is 0 Å². The highest BCUT2D eigenvalue weighted by molar-refractivity contribution is 5.73. The van der Waals surface area contributed by atoms with Crippen molar-refractivity contribution in [2.24, 2.45) is 5.73 Å². The topological polar surface area (TPSA) is 75.8 Å². The van der Waals surface area contributed by atoms with Gasteiger partial charge in [0.2, 0.25) is 0 Å². The summed E-state index contributed by atoms with van der Waals surface area (Å²) < 4.78 is 5.02. The molecule has 0 heterocycles. The van der Waals surface area contributed by atoms with Gasteiger partial charge in [-0.1, -0.05) is 0 Å². The van der Waals surface area contributed by atoms with Crippen LogP contribution < -0.4 is 5.73 Å². The highest BCUT2D eigenvalue weighted by Gasteiger charge is 2.10. The molecule has 3 N–H and O–H groups in total. The third kappa shape index (κ3) is 6.09. The van der Waals surface area contributed by atoms with Crippen molar-refractivity contribution in [3.05, 3.63) is 0 Å².